The van der Waals surface area contributed by atoms with Crippen molar-refractivity contribution in [3.63, 3.8) is 0 Å². The molecule has 0 aliphatic carbocycles. The van der Waals surface area contributed by atoms with Gasteiger partial charge in [0, 0.05) is 56.0 Å². The Balaban J connectivity index is 1.53. The molecule has 6 nitrogen and oxygen atoms in total. The number of thiazole rings is 1. The van der Waals surface area contributed by atoms with E-state index in [0.717, 1.165) is 43.7 Å². The van der Waals surface area contributed by atoms with Gasteiger partial charge in [0.15, 0.2) is 10.9 Å². The first-order chi connectivity index (χ1) is 11.8. The van der Waals surface area contributed by atoms with E-state index in [0.29, 0.717) is 6.04 Å². The van der Waals surface area contributed by atoms with Crippen LogP contribution in [-0.2, 0) is 6.54 Å². The Hall–Kier alpha value is -1.73. The minimum Gasteiger partial charge on any atom is -0.354 e. The van der Waals surface area contributed by atoms with Gasteiger partial charge < -0.3 is 15.1 Å². The molecule has 130 valence electrons. The second kappa shape index (κ2) is 8.39. The highest BCUT2D eigenvalue weighted by atomic mass is 32.1. The summed E-state index contributed by atoms with van der Waals surface area (Å²) < 4.78 is 0. The number of rotatable bonds is 7. The van der Waals surface area contributed by atoms with Crippen molar-refractivity contribution in [2.75, 3.05) is 36.0 Å². The van der Waals surface area contributed by atoms with Gasteiger partial charge >= 0.3 is 0 Å². The smallest absolute Gasteiger partial charge is 0.185 e. The first-order valence-electron chi connectivity index (χ1n) is 8.75. The number of nitrogens with zero attached hydrogens (tertiary/aromatic N) is 5. The maximum absolute atomic E-state index is 4.56. The molecule has 3 rings (SSSR count). The maximum atomic E-state index is 4.56. The lowest BCUT2D eigenvalue weighted by atomic mass is 10.1. The van der Waals surface area contributed by atoms with Crippen LogP contribution < -0.4 is 15.1 Å². The lowest BCUT2D eigenvalue weighted by Gasteiger charge is -2.33. The molecule has 7 heteroatoms. The minimum atomic E-state index is 0.486. The standard InChI is InChI=1S/C17H26N6S/c1-3-22(4-2)17-19-12-15(24-17)11-18-14-7-6-10-23(13-14)16-8-5-9-20-21-16/h5,8-9,12,14,18H,3-4,6-7,10-11,13H2,1-2H3/t14-/m0/s1. The lowest BCUT2D eigenvalue weighted by Crippen LogP contribution is -2.45. The Kier molecular flexibility index (Phi) is 5.98. The summed E-state index contributed by atoms with van der Waals surface area (Å²) in [6, 6.07) is 4.47. The van der Waals surface area contributed by atoms with Gasteiger partial charge in [-0.1, -0.05) is 0 Å². The van der Waals surface area contributed by atoms with Crippen LogP contribution in [0.1, 0.15) is 31.6 Å². The van der Waals surface area contributed by atoms with Crippen LogP contribution in [0.2, 0.25) is 0 Å². The highest BCUT2D eigenvalue weighted by Crippen LogP contribution is 2.23. The van der Waals surface area contributed by atoms with Gasteiger partial charge in [-0.2, -0.15) is 5.10 Å². The van der Waals surface area contributed by atoms with Crippen molar-refractivity contribution in [3.8, 4) is 0 Å². The quantitative estimate of drug-likeness (QED) is 0.831. The van der Waals surface area contributed by atoms with Crippen molar-refractivity contribution in [1.29, 1.82) is 0 Å². The molecule has 1 aliphatic rings. The zero-order valence-electron chi connectivity index (χ0n) is 14.5. The monoisotopic (exact) mass is 346 g/mol. The molecule has 1 saturated heterocycles. The Bertz CT molecular complexity index is 613. The molecule has 0 aromatic carbocycles. The molecule has 1 atom stereocenters. The SMILES string of the molecule is CCN(CC)c1ncc(CN[C@H]2CCCN(c3cccnn3)C2)s1. The van der Waals surface area contributed by atoms with Crippen LogP contribution in [0.15, 0.2) is 24.5 Å². The van der Waals surface area contributed by atoms with Gasteiger partial charge in [0.25, 0.3) is 0 Å². The fraction of sp³-hybridized carbons (Fsp3) is 0.588. The lowest BCUT2D eigenvalue weighted by molar-refractivity contribution is 0.420. The van der Waals surface area contributed by atoms with Crippen molar-refractivity contribution in [1.82, 2.24) is 20.5 Å². The van der Waals surface area contributed by atoms with E-state index >= 15 is 0 Å². The molecule has 0 bridgehead atoms. The molecule has 1 aliphatic heterocycles. The largest absolute Gasteiger partial charge is 0.354 e. The summed E-state index contributed by atoms with van der Waals surface area (Å²) in [5, 5.41) is 13.0. The zero-order chi connectivity index (χ0) is 16.8. The molecule has 0 spiro atoms. The fourth-order valence-electron chi connectivity index (χ4n) is 3.08. The van der Waals surface area contributed by atoms with Crippen molar-refractivity contribution >= 4 is 22.3 Å². The Morgan fingerprint density at radius 2 is 2.25 bits per heavy atom. The molecule has 1 N–H and O–H groups in total. The minimum absolute atomic E-state index is 0.486. The third-order valence-corrected chi connectivity index (χ3v) is 5.50. The second-order valence-corrected chi connectivity index (χ2v) is 7.12. The molecule has 1 fully saturated rings. The number of anilines is 2. The van der Waals surface area contributed by atoms with E-state index in [1.165, 1.54) is 17.7 Å². The molecule has 0 unspecified atom stereocenters. The number of piperidine rings is 1. The predicted molar refractivity (Wildman–Crippen MR) is 99.8 cm³/mol. The van der Waals surface area contributed by atoms with Crippen LogP contribution in [-0.4, -0.2) is 47.4 Å². The van der Waals surface area contributed by atoms with Gasteiger partial charge in [-0.05, 0) is 38.8 Å². The topological polar surface area (TPSA) is 57.2 Å². The maximum Gasteiger partial charge on any atom is 0.185 e. The van der Waals surface area contributed by atoms with Gasteiger partial charge in [-0.15, -0.1) is 16.4 Å². The third-order valence-electron chi connectivity index (χ3n) is 4.44. The van der Waals surface area contributed by atoms with Gasteiger partial charge in [0.2, 0.25) is 0 Å². The number of nitrogens with one attached hydrogen (secondary N) is 1. The Morgan fingerprint density at radius 1 is 1.38 bits per heavy atom. The molecular formula is C17H26N6S. The summed E-state index contributed by atoms with van der Waals surface area (Å²) in [7, 11) is 0. The van der Waals surface area contributed by atoms with Crippen LogP contribution in [0.4, 0.5) is 10.9 Å². The fourth-order valence-corrected chi connectivity index (χ4v) is 4.07. The van der Waals surface area contributed by atoms with E-state index in [9.17, 15) is 0 Å². The molecule has 2 aromatic heterocycles. The van der Waals surface area contributed by atoms with Gasteiger partial charge in [-0.25, -0.2) is 4.98 Å². The number of hydrogen-bond donors (Lipinski definition) is 1. The van der Waals surface area contributed by atoms with Crippen molar-refractivity contribution in [2.45, 2.75) is 39.3 Å². The molecule has 0 saturated carbocycles. The Labute approximate surface area is 147 Å². The summed E-state index contributed by atoms with van der Waals surface area (Å²) in [5.74, 6) is 0.977. The average molecular weight is 347 g/mol. The molecule has 0 amide bonds. The molecule has 0 radical (unpaired) electrons. The van der Waals surface area contributed by atoms with E-state index in [-0.39, 0.29) is 0 Å². The zero-order valence-corrected chi connectivity index (χ0v) is 15.3. The molecule has 3 heterocycles. The molecule has 24 heavy (non-hydrogen) atoms. The van der Waals surface area contributed by atoms with Crippen molar-refractivity contribution < 1.29 is 0 Å². The molecule has 2 aromatic rings. The third kappa shape index (κ3) is 4.21. The van der Waals surface area contributed by atoms with Gasteiger partial charge in [0.05, 0.1) is 0 Å². The second-order valence-electron chi connectivity index (χ2n) is 6.03. The number of hydrogen-bond acceptors (Lipinski definition) is 7. The van der Waals surface area contributed by atoms with E-state index in [1.54, 1.807) is 17.5 Å². The highest BCUT2D eigenvalue weighted by molar-refractivity contribution is 7.15. The summed E-state index contributed by atoms with van der Waals surface area (Å²) in [5.41, 5.74) is 0. The van der Waals surface area contributed by atoms with Gasteiger partial charge in [-0.3, -0.25) is 0 Å². The van der Waals surface area contributed by atoms with Crippen LogP contribution in [0.25, 0.3) is 0 Å². The van der Waals surface area contributed by atoms with Crippen molar-refractivity contribution in [2.24, 2.45) is 0 Å². The highest BCUT2D eigenvalue weighted by Gasteiger charge is 2.21. The predicted octanol–water partition coefficient (Wildman–Crippen LogP) is 2.54. The summed E-state index contributed by atoms with van der Waals surface area (Å²) in [4.78, 5) is 10.5. The average Bonchev–Trinajstić information content (AvgIpc) is 3.11. The molecular weight excluding hydrogens is 320 g/mol. The van der Waals surface area contributed by atoms with E-state index in [4.69, 9.17) is 0 Å². The normalized spacial score (nSPS) is 17.9. The van der Waals surface area contributed by atoms with Crippen LogP contribution >= 0.6 is 11.3 Å². The van der Waals surface area contributed by atoms with E-state index < -0.39 is 0 Å². The summed E-state index contributed by atoms with van der Waals surface area (Å²) in [6.45, 7) is 9.29. The van der Waals surface area contributed by atoms with E-state index in [2.05, 4.69) is 44.1 Å². The Morgan fingerprint density at radius 3 is 3.00 bits per heavy atom. The first-order valence-corrected chi connectivity index (χ1v) is 9.57. The van der Waals surface area contributed by atoms with E-state index in [1.807, 2.05) is 18.3 Å². The number of aromatic nitrogens is 3. The summed E-state index contributed by atoms with van der Waals surface area (Å²) in [6.07, 6.45) is 6.12. The van der Waals surface area contributed by atoms with Crippen LogP contribution in [0.5, 0.6) is 0 Å². The van der Waals surface area contributed by atoms with Crippen LogP contribution in [0, 0.1) is 0 Å². The van der Waals surface area contributed by atoms with Crippen LogP contribution in [0.3, 0.4) is 0 Å². The van der Waals surface area contributed by atoms with Crippen molar-refractivity contribution in [3.05, 3.63) is 29.4 Å². The summed E-state index contributed by atoms with van der Waals surface area (Å²) >= 11 is 1.79. The van der Waals surface area contributed by atoms with Gasteiger partial charge in [0.1, 0.15) is 0 Å². The first kappa shape index (κ1) is 17.1.